The summed E-state index contributed by atoms with van der Waals surface area (Å²) in [7, 11) is 0. The van der Waals surface area contributed by atoms with Gasteiger partial charge in [-0.05, 0) is 62.3 Å². The number of ketones is 1. The summed E-state index contributed by atoms with van der Waals surface area (Å²) >= 11 is 2.73. The molecule has 0 bridgehead atoms. The molecule has 0 atom stereocenters. The third kappa shape index (κ3) is 4.18. The first-order valence-electron chi connectivity index (χ1n) is 9.93. The highest BCUT2D eigenvalue weighted by Gasteiger charge is 2.37. The monoisotopic (exact) mass is 440 g/mol. The summed E-state index contributed by atoms with van der Waals surface area (Å²) in [6.45, 7) is 7.89. The van der Waals surface area contributed by atoms with E-state index in [-0.39, 0.29) is 17.7 Å². The minimum atomic E-state index is -0.0515. The summed E-state index contributed by atoms with van der Waals surface area (Å²) in [5.41, 5.74) is 3.98. The van der Waals surface area contributed by atoms with Crippen LogP contribution in [-0.2, 0) is 6.61 Å². The Kier molecular flexibility index (Phi) is 5.75. The van der Waals surface area contributed by atoms with Gasteiger partial charge < -0.3 is 4.74 Å². The molecule has 0 radical (unpaired) electrons. The molecule has 0 aliphatic heterocycles. The van der Waals surface area contributed by atoms with E-state index in [0.717, 1.165) is 29.7 Å². The topological polar surface area (TPSA) is 59.5 Å². The molecule has 1 fully saturated rings. The second-order valence-corrected chi connectivity index (χ2v) is 9.57. The maximum atomic E-state index is 13.3. The molecule has 7 heteroatoms. The lowest BCUT2D eigenvalue weighted by molar-refractivity contribution is 0.0986. The molecule has 3 aromatic rings. The molecule has 0 N–H and O–H groups in total. The van der Waals surface area contributed by atoms with Gasteiger partial charge in [-0.3, -0.25) is 14.5 Å². The predicted molar refractivity (Wildman–Crippen MR) is 121 cm³/mol. The lowest BCUT2D eigenvalue weighted by Crippen LogP contribution is -2.32. The summed E-state index contributed by atoms with van der Waals surface area (Å²) in [6, 6.07) is 8.08. The summed E-state index contributed by atoms with van der Waals surface area (Å²) in [5, 5.41) is 2.59. The van der Waals surface area contributed by atoms with E-state index in [1.54, 1.807) is 4.90 Å². The fourth-order valence-electron chi connectivity index (χ4n) is 3.28. The first-order chi connectivity index (χ1) is 14.3. The van der Waals surface area contributed by atoms with Gasteiger partial charge in [-0.2, -0.15) is 0 Å². The Morgan fingerprint density at radius 1 is 1.23 bits per heavy atom. The zero-order chi connectivity index (χ0) is 21.4. The van der Waals surface area contributed by atoms with Crippen LogP contribution in [0, 0.1) is 20.8 Å². The zero-order valence-corrected chi connectivity index (χ0v) is 19.2. The third-order valence-electron chi connectivity index (χ3n) is 5.26. The van der Waals surface area contributed by atoms with Crippen molar-refractivity contribution in [2.75, 3.05) is 4.90 Å². The van der Waals surface area contributed by atoms with Crippen molar-refractivity contribution in [2.24, 2.45) is 0 Å². The highest BCUT2D eigenvalue weighted by atomic mass is 32.1. The van der Waals surface area contributed by atoms with Crippen LogP contribution in [0.15, 0.2) is 29.6 Å². The lowest BCUT2D eigenvalue weighted by Gasteiger charge is -2.18. The number of rotatable bonds is 7. The molecule has 30 heavy (non-hydrogen) atoms. The summed E-state index contributed by atoms with van der Waals surface area (Å²) in [5.74, 6) is 0.800. The van der Waals surface area contributed by atoms with Crippen LogP contribution in [0.2, 0.25) is 0 Å². The SMILES string of the molecule is CC(=O)c1sc(N(C(=O)c2cc(COc3cccc(C)c3C)cs2)C2CC2)nc1C. The normalized spacial score (nSPS) is 13.3. The fraction of sp³-hybridized carbons (Fsp3) is 0.348. The first kappa shape index (κ1) is 20.8. The number of amides is 1. The molecule has 0 unspecified atom stereocenters. The largest absolute Gasteiger partial charge is 0.489 e. The van der Waals surface area contributed by atoms with Gasteiger partial charge in [0, 0.05) is 18.5 Å². The van der Waals surface area contributed by atoms with Crippen LogP contribution in [0.1, 0.15) is 61.5 Å². The Labute approximate surface area is 184 Å². The van der Waals surface area contributed by atoms with E-state index in [9.17, 15) is 9.59 Å². The van der Waals surface area contributed by atoms with Crippen molar-refractivity contribution in [1.82, 2.24) is 4.98 Å². The van der Waals surface area contributed by atoms with Crippen LogP contribution < -0.4 is 9.64 Å². The van der Waals surface area contributed by atoms with Crippen LogP contribution in [0.3, 0.4) is 0 Å². The number of carbonyl (C=O) groups excluding carboxylic acids is 2. The van der Waals surface area contributed by atoms with E-state index in [1.165, 1.54) is 35.2 Å². The first-order valence-corrected chi connectivity index (χ1v) is 11.6. The van der Waals surface area contributed by atoms with Gasteiger partial charge in [-0.15, -0.1) is 11.3 Å². The van der Waals surface area contributed by atoms with Gasteiger partial charge in [-0.25, -0.2) is 4.98 Å². The lowest BCUT2D eigenvalue weighted by atomic mass is 10.1. The predicted octanol–water partition coefficient (Wildman–Crippen LogP) is 5.72. The number of aryl methyl sites for hydroxylation is 2. The second kappa shape index (κ2) is 8.32. The van der Waals surface area contributed by atoms with Crippen molar-refractivity contribution >= 4 is 39.5 Å². The average molecular weight is 441 g/mol. The molecule has 2 aromatic heterocycles. The maximum Gasteiger partial charge on any atom is 0.270 e. The standard InChI is InChI=1S/C23H24N2O3S2/c1-13-6-5-7-19(14(13)2)28-11-17-10-20(29-12-17)22(27)25(18-8-9-18)23-24-15(3)21(30-23)16(4)26/h5-7,10,12,18H,8-9,11H2,1-4H3. The zero-order valence-electron chi connectivity index (χ0n) is 17.5. The van der Waals surface area contributed by atoms with Crippen molar-refractivity contribution in [3.63, 3.8) is 0 Å². The Bertz CT molecular complexity index is 1110. The van der Waals surface area contributed by atoms with E-state index < -0.39 is 0 Å². The van der Waals surface area contributed by atoms with Crippen molar-refractivity contribution in [1.29, 1.82) is 0 Å². The molecule has 1 aromatic carbocycles. The van der Waals surface area contributed by atoms with Crippen LogP contribution in [0.5, 0.6) is 5.75 Å². The van der Waals surface area contributed by atoms with Crippen LogP contribution in [-0.4, -0.2) is 22.7 Å². The number of Topliss-reactive ketones (excluding diaryl/α,β-unsaturated/α-hetero) is 1. The number of nitrogens with zero attached hydrogens (tertiary/aromatic N) is 2. The molecule has 1 aliphatic carbocycles. The van der Waals surface area contributed by atoms with Crippen LogP contribution in [0.4, 0.5) is 5.13 Å². The highest BCUT2D eigenvalue weighted by Crippen LogP contribution is 2.37. The van der Waals surface area contributed by atoms with Crippen molar-refractivity contribution in [2.45, 2.75) is 53.2 Å². The molecule has 5 nitrogen and oxygen atoms in total. The van der Waals surface area contributed by atoms with E-state index >= 15 is 0 Å². The van der Waals surface area contributed by atoms with Crippen molar-refractivity contribution < 1.29 is 14.3 Å². The van der Waals surface area contributed by atoms with Gasteiger partial charge in [0.2, 0.25) is 0 Å². The second-order valence-electron chi connectivity index (χ2n) is 7.68. The molecule has 4 rings (SSSR count). The number of carbonyl (C=O) groups is 2. The minimum absolute atomic E-state index is 0.0125. The fourth-order valence-corrected chi connectivity index (χ4v) is 5.14. The van der Waals surface area contributed by atoms with Gasteiger partial charge in [-0.1, -0.05) is 23.5 Å². The molecule has 0 spiro atoms. The number of thiophene rings is 1. The molecule has 1 saturated carbocycles. The van der Waals surface area contributed by atoms with E-state index in [4.69, 9.17) is 4.74 Å². The Morgan fingerprint density at radius 3 is 2.67 bits per heavy atom. The van der Waals surface area contributed by atoms with Gasteiger partial charge in [0.1, 0.15) is 12.4 Å². The molecule has 1 aliphatic rings. The van der Waals surface area contributed by atoms with E-state index in [2.05, 4.69) is 18.0 Å². The quantitative estimate of drug-likeness (QED) is 0.441. The average Bonchev–Trinajstić information content (AvgIpc) is 3.28. The number of thiazole rings is 1. The van der Waals surface area contributed by atoms with Crippen molar-refractivity contribution in [3.05, 3.63) is 61.8 Å². The Hall–Kier alpha value is -2.51. The summed E-state index contributed by atoms with van der Waals surface area (Å²) in [4.78, 5) is 32.7. The minimum Gasteiger partial charge on any atom is -0.489 e. The number of hydrogen-bond acceptors (Lipinski definition) is 6. The van der Waals surface area contributed by atoms with Gasteiger partial charge >= 0.3 is 0 Å². The van der Waals surface area contributed by atoms with Crippen LogP contribution >= 0.6 is 22.7 Å². The summed E-state index contributed by atoms with van der Waals surface area (Å²) < 4.78 is 5.98. The van der Waals surface area contributed by atoms with E-state index in [1.807, 2.05) is 37.4 Å². The highest BCUT2D eigenvalue weighted by molar-refractivity contribution is 7.18. The number of benzene rings is 1. The molecular formula is C23H24N2O3S2. The molecule has 2 heterocycles. The maximum absolute atomic E-state index is 13.3. The third-order valence-corrected chi connectivity index (χ3v) is 7.48. The van der Waals surface area contributed by atoms with E-state index in [0.29, 0.717) is 27.2 Å². The Balaban J connectivity index is 1.51. The van der Waals surface area contributed by atoms with Crippen LogP contribution in [0.25, 0.3) is 0 Å². The number of ether oxygens (including phenoxy) is 1. The number of hydrogen-bond donors (Lipinski definition) is 0. The van der Waals surface area contributed by atoms with Gasteiger partial charge in [0.05, 0.1) is 15.4 Å². The molecular weight excluding hydrogens is 416 g/mol. The molecule has 1 amide bonds. The summed E-state index contributed by atoms with van der Waals surface area (Å²) in [6.07, 6.45) is 1.93. The Morgan fingerprint density at radius 2 is 2.00 bits per heavy atom. The van der Waals surface area contributed by atoms with Gasteiger partial charge in [0.15, 0.2) is 10.9 Å². The molecule has 156 valence electrons. The molecule has 0 saturated heterocycles. The number of aromatic nitrogens is 1. The van der Waals surface area contributed by atoms with Crippen molar-refractivity contribution in [3.8, 4) is 5.75 Å². The van der Waals surface area contributed by atoms with Gasteiger partial charge in [0.25, 0.3) is 5.91 Å². The smallest absolute Gasteiger partial charge is 0.270 e. The number of anilines is 1.